The van der Waals surface area contributed by atoms with E-state index in [1.165, 1.54) is 5.56 Å². The summed E-state index contributed by atoms with van der Waals surface area (Å²) in [7, 11) is 3.67. The third-order valence-electron chi connectivity index (χ3n) is 3.44. The van der Waals surface area contributed by atoms with Gasteiger partial charge in [-0.2, -0.15) is 0 Å². The molecule has 112 valence electrons. The van der Waals surface area contributed by atoms with Crippen LogP contribution in [0.5, 0.6) is 5.75 Å². The van der Waals surface area contributed by atoms with Gasteiger partial charge in [0.25, 0.3) is 0 Å². The fourth-order valence-corrected chi connectivity index (χ4v) is 2.19. The van der Waals surface area contributed by atoms with Gasteiger partial charge in [-0.25, -0.2) is 4.98 Å². The molecule has 1 aromatic carbocycles. The molecule has 0 aliphatic heterocycles. The van der Waals surface area contributed by atoms with Gasteiger partial charge in [0, 0.05) is 19.3 Å². The Morgan fingerprint density at radius 2 is 1.86 bits per heavy atom. The molecule has 2 rings (SSSR count). The van der Waals surface area contributed by atoms with Crippen molar-refractivity contribution in [3.8, 4) is 5.75 Å². The van der Waals surface area contributed by atoms with E-state index in [0.29, 0.717) is 0 Å². The summed E-state index contributed by atoms with van der Waals surface area (Å²) in [6.07, 6.45) is 0.858. The van der Waals surface area contributed by atoms with Crippen LogP contribution in [0, 0.1) is 0 Å². The van der Waals surface area contributed by atoms with Crippen LogP contribution in [0.2, 0.25) is 0 Å². The van der Waals surface area contributed by atoms with E-state index in [1.807, 2.05) is 43.4 Å². The second-order valence-corrected chi connectivity index (χ2v) is 5.04. The third kappa shape index (κ3) is 3.95. The first-order chi connectivity index (χ1) is 10.2. The number of pyridine rings is 1. The van der Waals surface area contributed by atoms with E-state index in [4.69, 9.17) is 4.74 Å². The molecule has 0 aliphatic carbocycles. The van der Waals surface area contributed by atoms with E-state index in [-0.39, 0.29) is 6.61 Å². The number of nitrogens with zero attached hydrogens (tertiary/aromatic N) is 2. The number of benzene rings is 1. The number of aromatic nitrogens is 1. The zero-order valence-corrected chi connectivity index (χ0v) is 12.8. The Labute approximate surface area is 126 Å². The Hall–Kier alpha value is -2.07. The normalized spacial score (nSPS) is 10.5. The van der Waals surface area contributed by atoms with Crippen molar-refractivity contribution in [2.45, 2.75) is 26.5 Å². The highest BCUT2D eigenvalue weighted by atomic mass is 16.5. The summed E-state index contributed by atoms with van der Waals surface area (Å²) in [5, 5.41) is 9.35. The third-order valence-corrected chi connectivity index (χ3v) is 3.44. The SMILES string of the molecule is CCc1cc(CO)cc(N(C)Cc2ccc(OC)cc2)n1. The van der Waals surface area contributed by atoms with Gasteiger partial charge < -0.3 is 14.7 Å². The van der Waals surface area contributed by atoms with Crippen LogP contribution >= 0.6 is 0 Å². The molecule has 0 saturated carbocycles. The number of hydrogen-bond donors (Lipinski definition) is 1. The average Bonchev–Trinajstić information content (AvgIpc) is 2.54. The molecule has 1 N–H and O–H groups in total. The Kier molecular flexibility index (Phi) is 5.17. The highest BCUT2D eigenvalue weighted by Crippen LogP contribution is 2.18. The van der Waals surface area contributed by atoms with Crippen molar-refractivity contribution in [2.24, 2.45) is 0 Å². The van der Waals surface area contributed by atoms with Crippen molar-refractivity contribution in [1.29, 1.82) is 0 Å². The van der Waals surface area contributed by atoms with Gasteiger partial charge in [0.15, 0.2) is 0 Å². The quantitative estimate of drug-likeness (QED) is 0.887. The summed E-state index contributed by atoms with van der Waals surface area (Å²) in [6.45, 7) is 2.87. The molecule has 0 aliphatic rings. The molecule has 0 unspecified atom stereocenters. The van der Waals surface area contributed by atoms with Crippen molar-refractivity contribution >= 4 is 5.82 Å². The Balaban J connectivity index is 2.16. The molecule has 0 saturated heterocycles. The monoisotopic (exact) mass is 286 g/mol. The lowest BCUT2D eigenvalue weighted by molar-refractivity contribution is 0.281. The molecule has 0 amide bonds. The molecular formula is C17H22N2O2. The van der Waals surface area contributed by atoms with E-state index in [0.717, 1.165) is 35.8 Å². The van der Waals surface area contributed by atoms with Crippen molar-refractivity contribution in [3.05, 3.63) is 53.2 Å². The van der Waals surface area contributed by atoms with Crippen molar-refractivity contribution in [1.82, 2.24) is 4.98 Å². The summed E-state index contributed by atoms with van der Waals surface area (Å²) in [6, 6.07) is 11.9. The maximum absolute atomic E-state index is 9.35. The highest BCUT2D eigenvalue weighted by Gasteiger charge is 2.07. The second-order valence-electron chi connectivity index (χ2n) is 5.04. The van der Waals surface area contributed by atoms with Gasteiger partial charge in [-0.1, -0.05) is 19.1 Å². The van der Waals surface area contributed by atoms with Crippen molar-refractivity contribution in [3.63, 3.8) is 0 Å². The zero-order chi connectivity index (χ0) is 15.2. The van der Waals surface area contributed by atoms with Gasteiger partial charge in [0.2, 0.25) is 0 Å². The van der Waals surface area contributed by atoms with E-state index in [9.17, 15) is 5.11 Å². The minimum atomic E-state index is 0.0406. The van der Waals surface area contributed by atoms with Crippen LogP contribution in [0.3, 0.4) is 0 Å². The molecule has 0 spiro atoms. The number of aliphatic hydroxyl groups excluding tert-OH is 1. The van der Waals surface area contributed by atoms with Crippen LogP contribution in [0.25, 0.3) is 0 Å². The number of ether oxygens (including phenoxy) is 1. The maximum atomic E-state index is 9.35. The number of aliphatic hydroxyl groups is 1. The van der Waals surface area contributed by atoms with Gasteiger partial charge in [-0.05, 0) is 41.8 Å². The van der Waals surface area contributed by atoms with Crippen LogP contribution in [0.4, 0.5) is 5.82 Å². The van der Waals surface area contributed by atoms with Gasteiger partial charge in [0.1, 0.15) is 11.6 Å². The first-order valence-electron chi connectivity index (χ1n) is 7.11. The number of rotatable bonds is 6. The summed E-state index contributed by atoms with van der Waals surface area (Å²) >= 11 is 0. The Morgan fingerprint density at radius 3 is 2.43 bits per heavy atom. The average molecular weight is 286 g/mol. The second kappa shape index (κ2) is 7.09. The summed E-state index contributed by atoms with van der Waals surface area (Å²) < 4.78 is 5.17. The van der Waals surface area contributed by atoms with Gasteiger partial charge in [-0.15, -0.1) is 0 Å². The molecule has 0 fully saturated rings. The lowest BCUT2D eigenvalue weighted by Crippen LogP contribution is -2.18. The standard InChI is InChI=1S/C17H22N2O2/c1-4-15-9-14(12-20)10-17(18-15)19(2)11-13-5-7-16(21-3)8-6-13/h5-10,20H,4,11-12H2,1-3H3. The molecule has 4 heteroatoms. The minimum Gasteiger partial charge on any atom is -0.497 e. The Bertz CT molecular complexity index is 560. The maximum Gasteiger partial charge on any atom is 0.129 e. The predicted octanol–water partition coefficient (Wildman–Crippen LogP) is 2.78. The number of hydrogen-bond acceptors (Lipinski definition) is 4. The summed E-state index contributed by atoms with van der Waals surface area (Å²) in [5.41, 5.74) is 3.09. The van der Waals surface area contributed by atoms with Crippen LogP contribution in [0.15, 0.2) is 36.4 Å². The molecule has 21 heavy (non-hydrogen) atoms. The summed E-state index contributed by atoms with van der Waals surface area (Å²) in [5.74, 6) is 1.74. The first-order valence-corrected chi connectivity index (χ1v) is 7.11. The number of aryl methyl sites for hydroxylation is 1. The van der Waals surface area contributed by atoms with Gasteiger partial charge in [-0.3, -0.25) is 0 Å². The topological polar surface area (TPSA) is 45.6 Å². The van der Waals surface area contributed by atoms with Crippen LogP contribution in [0.1, 0.15) is 23.7 Å². The molecule has 2 aromatic rings. The molecule has 0 atom stereocenters. The van der Waals surface area contributed by atoms with Crippen molar-refractivity contribution in [2.75, 3.05) is 19.1 Å². The zero-order valence-electron chi connectivity index (χ0n) is 12.8. The van der Waals surface area contributed by atoms with Gasteiger partial charge >= 0.3 is 0 Å². The number of anilines is 1. The smallest absolute Gasteiger partial charge is 0.129 e. The van der Waals surface area contributed by atoms with Crippen LogP contribution < -0.4 is 9.64 Å². The van der Waals surface area contributed by atoms with E-state index in [1.54, 1.807) is 7.11 Å². The molecule has 0 bridgehead atoms. The fraction of sp³-hybridized carbons (Fsp3) is 0.353. The molecule has 0 radical (unpaired) electrons. The molecular weight excluding hydrogens is 264 g/mol. The first kappa shape index (κ1) is 15.3. The minimum absolute atomic E-state index is 0.0406. The lowest BCUT2D eigenvalue weighted by Gasteiger charge is -2.20. The van der Waals surface area contributed by atoms with Crippen LogP contribution in [-0.4, -0.2) is 24.2 Å². The highest BCUT2D eigenvalue weighted by molar-refractivity contribution is 5.43. The van der Waals surface area contributed by atoms with E-state index >= 15 is 0 Å². The van der Waals surface area contributed by atoms with E-state index in [2.05, 4.69) is 16.8 Å². The largest absolute Gasteiger partial charge is 0.497 e. The van der Waals surface area contributed by atoms with Crippen molar-refractivity contribution < 1.29 is 9.84 Å². The van der Waals surface area contributed by atoms with E-state index < -0.39 is 0 Å². The fourth-order valence-electron chi connectivity index (χ4n) is 2.19. The number of methoxy groups -OCH3 is 1. The lowest BCUT2D eigenvalue weighted by atomic mass is 10.2. The van der Waals surface area contributed by atoms with Gasteiger partial charge in [0.05, 0.1) is 13.7 Å². The molecule has 1 heterocycles. The Morgan fingerprint density at radius 1 is 1.14 bits per heavy atom. The molecule has 1 aromatic heterocycles. The summed E-state index contributed by atoms with van der Waals surface area (Å²) in [4.78, 5) is 6.70. The van der Waals surface area contributed by atoms with Crippen LogP contribution in [-0.2, 0) is 19.6 Å². The predicted molar refractivity (Wildman–Crippen MR) is 84.6 cm³/mol. The molecule has 4 nitrogen and oxygen atoms in total.